The van der Waals surface area contributed by atoms with Gasteiger partial charge in [-0.2, -0.15) is 0 Å². The molecule has 1 aromatic carbocycles. The molecule has 0 atom stereocenters. The third-order valence-corrected chi connectivity index (χ3v) is 2.21. The fourth-order valence-electron chi connectivity index (χ4n) is 1.50. The van der Waals surface area contributed by atoms with Crippen LogP contribution in [-0.2, 0) is 4.79 Å². The van der Waals surface area contributed by atoms with Crippen molar-refractivity contribution in [1.82, 2.24) is 5.32 Å². The maximum atomic E-state index is 11.7. The van der Waals surface area contributed by atoms with E-state index in [-0.39, 0.29) is 5.56 Å². The Kier molecular flexibility index (Phi) is 3.13. The van der Waals surface area contributed by atoms with E-state index in [1.807, 2.05) is 0 Å². The Morgan fingerprint density at radius 3 is 2.82 bits per heavy atom. The first-order valence-electron chi connectivity index (χ1n) is 5.07. The Balaban J connectivity index is 2.20. The first kappa shape index (κ1) is 11.3. The van der Waals surface area contributed by atoms with Gasteiger partial charge in [-0.25, -0.2) is 0 Å². The summed E-state index contributed by atoms with van der Waals surface area (Å²) >= 11 is 0. The van der Waals surface area contributed by atoms with Gasteiger partial charge in [0.2, 0.25) is 0 Å². The van der Waals surface area contributed by atoms with Crippen LogP contribution in [0.25, 0.3) is 0 Å². The minimum atomic E-state index is -1.10. The average molecular weight is 237 g/mol. The molecule has 2 rings (SSSR count). The molecule has 0 saturated carbocycles. The highest BCUT2D eigenvalue weighted by Crippen LogP contribution is 2.33. The number of aliphatic carboxylic acids is 1. The molecule has 0 radical (unpaired) electrons. The number of hydrogen-bond acceptors (Lipinski definition) is 4. The number of para-hydroxylation sites is 1. The standard InChI is InChI=1S/C11H11NO5/c13-9(14)6-12-11(15)7-2-1-3-8-10(7)17-5-4-16-8/h1-3H,4-6H2,(H,12,15)(H,13,14). The second-order valence-corrected chi connectivity index (χ2v) is 3.41. The lowest BCUT2D eigenvalue weighted by Gasteiger charge is -2.20. The van der Waals surface area contributed by atoms with Crippen LogP contribution in [0, 0.1) is 0 Å². The predicted molar refractivity (Wildman–Crippen MR) is 57.4 cm³/mol. The number of fused-ring (bicyclic) bond motifs is 1. The number of amides is 1. The largest absolute Gasteiger partial charge is 0.486 e. The molecule has 1 aromatic rings. The molecule has 1 heterocycles. The minimum absolute atomic E-state index is 0.281. The van der Waals surface area contributed by atoms with Gasteiger partial charge < -0.3 is 19.9 Å². The number of rotatable bonds is 3. The smallest absolute Gasteiger partial charge is 0.322 e. The van der Waals surface area contributed by atoms with Crippen LogP contribution < -0.4 is 14.8 Å². The summed E-state index contributed by atoms with van der Waals surface area (Å²) in [5.41, 5.74) is 0.281. The quantitative estimate of drug-likeness (QED) is 0.788. The van der Waals surface area contributed by atoms with E-state index in [4.69, 9.17) is 14.6 Å². The number of ether oxygens (including phenoxy) is 2. The number of hydrogen-bond donors (Lipinski definition) is 2. The summed E-state index contributed by atoms with van der Waals surface area (Å²) < 4.78 is 10.7. The topological polar surface area (TPSA) is 84.9 Å². The molecule has 0 aliphatic carbocycles. The lowest BCUT2D eigenvalue weighted by molar-refractivity contribution is -0.135. The van der Waals surface area contributed by atoms with Crippen LogP contribution >= 0.6 is 0 Å². The summed E-state index contributed by atoms with van der Waals surface area (Å²) in [5, 5.41) is 10.8. The molecule has 2 N–H and O–H groups in total. The van der Waals surface area contributed by atoms with Gasteiger partial charge in [0, 0.05) is 0 Å². The third kappa shape index (κ3) is 2.47. The molecule has 0 bridgehead atoms. The Morgan fingerprint density at radius 2 is 2.06 bits per heavy atom. The number of benzene rings is 1. The van der Waals surface area contributed by atoms with Crippen LogP contribution in [0.1, 0.15) is 10.4 Å². The first-order valence-corrected chi connectivity index (χ1v) is 5.07. The van der Waals surface area contributed by atoms with Crippen molar-refractivity contribution in [3.05, 3.63) is 23.8 Å². The normalized spacial score (nSPS) is 12.9. The molecule has 0 saturated heterocycles. The van der Waals surface area contributed by atoms with Gasteiger partial charge in [-0.1, -0.05) is 6.07 Å². The van der Waals surface area contributed by atoms with Crippen molar-refractivity contribution in [3.63, 3.8) is 0 Å². The lowest BCUT2D eigenvalue weighted by Crippen LogP contribution is -2.30. The summed E-state index contributed by atoms with van der Waals surface area (Å²) in [6.45, 7) is 0.382. The van der Waals surface area contributed by atoms with Gasteiger partial charge in [-0.3, -0.25) is 9.59 Å². The molecule has 90 valence electrons. The number of carboxylic acid groups (broad SMARTS) is 1. The van der Waals surface area contributed by atoms with Crippen LogP contribution in [0.3, 0.4) is 0 Å². The average Bonchev–Trinajstić information content (AvgIpc) is 2.35. The maximum Gasteiger partial charge on any atom is 0.322 e. The third-order valence-electron chi connectivity index (χ3n) is 2.21. The van der Waals surface area contributed by atoms with Crippen LogP contribution in [-0.4, -0.2) is 36.7 Å². The van der Waals surface area contributed by atoms with Gasteiger partial charge in [-0.15, -0.1) is 0 Å². The highest BCUT2D eigenvalue weighted by atomic mass is 16.6. The molecule has 0 fully saturated rings. The van der Waals surface area contributed by atoms with Crippen molar-refractivity contribution in [2.75, 3.05) is 19.8 Å². The number of carboxylic acids is 1. The molecule has 1 amide bonds. The fraction of sp³-hybridized carbons (Fsp3) is 0.273. The Hall–Kier alpha value is -2.24. The summed E-state index contributed by atoms with van der Waals surface area (Å²) in [6.07, 6.45) is 0. The first-order chi connectivity index (χ1) is 8.18. The summed E-state index contributed by atoms with van der Waals surface area (Å²) in [7, 11) is 0. The van der Waals surface area contributed by atoms with E-state index in [0.717, 1.165) is 0 Å². The van der Waals surface area contributed by atoms with Gasteiger partial charge in [0.05, 0.1) is 5.56 Å². The van der Waals surface area contributed by atoms with Crippen molar-refractivity contribution in [3.8, 4) is 11.5 Å². The van der Waals surface area contributed by atoms with Crippen LogP contribution in [0.2, 0.25) is 0 Å². The highest BCUT2D eigenvalue weighted by Gasteiger charge is 2.20. The highest BCUT2D eigenvalue weighted by molar-refractivity contribution is 5.99. The maximum absolute atomic E-state index is 11.7. The monoisotopic (exact) mass is 237 g/mol. The molecular weight excluding hydrogens is 226 g/mol. The van der Waals surface area contributed by atoms with E-state index in [0.29, 0.717) is 24.7 Å². The van der Waals surface area contributed by atoms with Crippen molar-refractivity contribution >= 4 is 11.9 Å². The fourth-order valence-corrected chi connectivity index (χ4v) is 1.50. The van der Waals surface area contributed by atoms with E-state index in [2.05, 4.69) is 5.32 Å². The van der Waals surface area contributed by atoms with E-state index < -0.39 is 18.4 Å². The second kappa shape index (κ2) is 4.73. The zero-order valence-corrected chi connectivity index (χ0v) is 8.93. The minimum Gasteiger partial charge on any atom is -0.486 e. The number of nitrogens with one attached hydrogen (secondary N) is 1. The molecule has 6 nitrogen and oxygen atoms in total. The Bertz CT molecular complexity index is 457. The molecule has 0 spiro atoms. The molecule has 1 aliphatic heterocycles. The van der Waals surface area contributed by atoms with Crippen molar-refractivity contribution in [1.29, 1.82) is 0 Å². The van der Waals surface area contributed by atoms with E-state index in [1.165, 1.54) is 0 Å². The lowest BCUT2D eigenvalue weighted by atomic mass is 10.1. The number of carbonyl (C=O) groups excluding carboxylic acids is 1. The van der Waals surface area contributed by atoms with Crippen molar-refractivity contribution < 1.29 is 24.2 Å². The summed E-state index contributed by atoms with van der Waals surface area (Å²) in [4.78, 5) is 22.1. The Morgan fingerprint density at radius 1 is 1.29 bits per heavy atom. The van der Waals surface area contributed by atoms with Gasteiger partial charge in [0.15, 0.2) is 11.5 Å². The zero-order valence-electron chi connectivity index (χ0n) is 8.93. The second-order valence-electron chi connectivity index (χ2n) is 3.41. The van der Waals surface area contributed by atoms with Gasteiger partial charge in [0.1, 0.15) is 19.8 Å². The van der Waals surface area contributed by atoms with Gasteiger partial charge in [-0.05, 0) is 12.1 Å². The van der Waals surface area contributed by atoms with Gasteiger partial charge in [0.25, 0.3) is 5.91 Å². The Labute approximate surface area is 97.1 Å². The molecule has 0 aromatic heterocycles. The summed E-state index contributed by atoms with van der Waals surface area (Å²) in [5.74, 6) is -0.726. The van der Waals surface area contributed by atoms with Gasteiger partial charge >= 0.3 is 5.97 Å². The van der Waals surface area contributed by atoms with Crippen LogP contribution in [0.15, 0.2) is 18.2 Å². The van der Waals surface area contributed by atoms with E-state index >= 15 is 0 Å². The molecule has 1 aliphatic rings. The van der Waals surface area contributed by atoms with E-state index in [1.54, 1.807) is 18.2 Å². The van der Waals surface area contributed by atoms with Crippen molar-refractivity contribution in [2.24, 2.45) is 0 Å². The predicted octanol–water partition coefficient (Wildman–Crippen LogP) is 0.272. The van der Waals surface area contributed by atoms with E-state index in [9.17, 15) is 9.59 Å². The molecular formula is C11H11NO5. The van der Waals surface area contributed by atoms with Crippen molar-refractivity contribution in [2.45, 2.75) is 0 Å². The summed E-state index contributed by atoms with van der Waals surface area (Å²) in [6, 6.07) is 4.91. The molecule has 0 unspecified atom stereocenters. The molecule has 17 heavy (non-hydrogen) atoms. The van der Waals surface area contributed by atoms with Crippen LogP contribution in [0.5, 0.6) is 11.5 Å². The zero-order chi connectivity index (χ0) is 12.3. The molecule has 6 heteroatoms. The SMILES string of the molecule is O=C(O)CNC(=O)c1cccc2c1OCCO2. The van der Waals surface area contributed by atoms with Crippen LogP contribution in [0.4, 0.5) is 0 Å². The number of carbonyl (C=O) groups is 2.